The van der Waals surface area contributed by atoms with E-state index in [0.717, 1.165) is 52.6 Å². The van der Waals surface area contributed by atoms with Crippen molar-refractivity contribution in [1.82, 2.24) is 9.88 Å². The van der Waals surface area contributed by atoms with E-state index in [1.165, 1.54) is 11.3 Å². The molecule has 3 aromatic rings. The first-order valence-electron chi connectivity index (χ1n) is 8.42. The molecule has 0 spiro atoms. The number of aryl methyl sites for hydroxylation is 1. The Balaban J connectivity index is 1.79. The maximum atomic E-state index is 12.9. The van der Waals surface area contributed by atoms with E-state index in [1.54, 1.807) is 0 Å². The van der Waals surface area contributed by atoms with Crippen LogP contribution in [0.3, 0.4) is 0 Å². The van der Waals surface area contributed by atoms with Gasteiger partial charge in [-0.1, -0.05) is 25.1 Å². The van der Waals surface area contributed by atoms with E-state index in [4.69, 9.17) is 10.7 Å². The molecular formula is C19H21N3OS. The lowest BCUT2D eigenvalue weighted by atomic mass is 9.99. The van der Waals surface area contributed by atoms with Crippen LogP contribution in [0, 0.1) is 12.8 Å². The minimum absolute atomic E-state index is 0.0585. The summed E-state index contributed by atoms with van der Waals surface area (Å²) >= 11 is 1.42. The Morgan fingerprint density at radius 1 is 1.33 bits per heavy atom. The first kappa shape index (κ1) is 15.4. The summed E-state index contributed by atoms with van der Waals surface area (Å²) in [4.78, 5) is 21.1. The molecule has 0 bridgehead atoms. The summed E-state index contributed by atoms with van der Waals surface area (Å²) in [7, 11) is 0. The number of fused-ring (bicyclic) bond motifs is 2. The van der Waals surface area contributed by atoms with Gasteiger partial charge in [0.25, 0.3) is 5.91 Å². The second kappa shape index (κ2) is 5.74. The van der Waals surface area contributed by atoms with Crippen molar-refractivity contribution in [3.8, 4) is 0 Å². The zero-order chi connectivity index (χ0) is 16.8. The highest BCUT2D eigenvalue weighted by Gasteiger charge is 2.25. The average molecular weight is 339 g/mol. The largest absolute Gasteiger partial charge is 0.397 e. The predicted octanol–water partition coefficient (Wildman–Crippen LogP) is 4.21. The van der Waals surface area contributed by atoms with E-state index < -0.39 is 0 Å². The topological polar surface area (TPSA) is 59.2 Å². The van der Waals surface area contributed by atoms with Gasteiger partial charge in [0.15, 0.2) is 0 Å². The number of hydrogen-bond acceptors (Lipinski definition) is 4. The van der Waals surface area contributed by atoms with Gasteiger partial charge in [-0.3, -0.25) is 4.79 Å². The summed E-state index contributed by atoms with van der Waals surface area (Å²) in [5.74, 6) is 0.756. The Kier molecular flexibility index (Phi) is 3.68. The van der Waals surface area contributed by atoms with Crippen LogP contribution in [-0.2, 0) is 0 Å². The van der Waals surface area contributed by atoms with Gasteiger partial charge in [0.1, 0.15) is 9.71 Å². The number of likely N-dealkylation sites (tertiary alicyclic amines) is 1. The van der Waals surface area contributed by atoms with Crippen LogP contribution in [0.1, 0.15) is 35.0 Å². The Morgan fingerprint density at radius 2 is 2.08 bits per heavy atom. The molecule has 5 heteroatoms. The summed E-state index contributed by atoms with van der Waals surface area (Å²) < 4.78 is 0. The number of hydrogen-bond donors (Lipinski definition) is 1. The summed E-state index contributed by atoms with van der Waals surface area (Å²) in [6.07, 6.45) is 2.13. The van der Waals surface area contributed by atoms with Crippen LogP contribution >= 0.6 is 11.3 Å². The Hall–Kier alpha value is -2.14. The minimum Gasteiger partial charge on any atom is -0.397 e. The Labute approximate surface area is 145 Å². The SMILES string of the molecule is Cc1cccc2cc3c(N)c(C(=O)N4CCC(C)CC4)sc3nc12. The zero-order valence-corrected chi connectivity index (χ0v) is 14.8. The van der Waals surface area contributed by atoms with Gasteiger partial charge in [0.05, 0.1) is 11.2 Å². The van der Waals surface area contributed by atoms with E-state index in [2.05, 4.69) is 26.0 Å². The fourth-order valence-corrected chi connectivity index (χ4v) is 4.43. The smallest absolute Gasteiger partial charge is 0.266 e. The van der Waals surface area contributed by atoms with Gasteiger partial charge in [-0.05, 0) is 37.3 Å². The molecule has 0 atom stereocenters. The summed E-state index contributed by atoms with van der Waals surface area (Å²) in [6.45, 7) is 5.94. The number of aromatic nitrogens is 1. The summed E-state index contributed by atoms with van der Waals surface area (Å²) in [5, 5.41) is 1.96. The van der Waals surface area contributed by atoms with Crippen LogP contribution in [0.2, 0.25) is 0 Å². The van der Waals surface area contributed by atoms with Crippen LogP contribution in [0.5, 0.6) is 0 Å². The maximum absolute atomic E-state index is 12.9. The number of carbonyl (C=O) groups is 1. The van der Waals surface area contributed by atoms with Gasteiger partial charge in [-0.25, -0.2) is 4.98 Å². The molecule has 0 radical (unpaired) electrons. The van der Waals surface area contributed by atoms with Gasteiger partial charge in [-0.15, -0.1) is 11.3 Å². The second-order valence-corrected chi connectivity index (χ2v) is 7.81. The molecule has 0 saturated carbocycles. The van der Waals surface area contributed by atoms with Gasteiger partial charge < -0.3 is 10.6 Å². The lowest BCUT2D eigenvalue weighted by molar-refractivity contribution is 0.0703. The summed E-state index contributed by atoms with van der Waals surface area (Å²) in [6, 6.07) is 8.18. The average Bonchev–Trinajstić information content (AvgIpc) is 2.90. The number of benzene rings is 1. The van der Waals surface area contributed by atoms with Gasteiger partial charge in [-0.2, -0.15) is 0 Å². The molecule has 1 saturated heterocycles. The lowest BCUT2D eigenvalue weighted by Crippen LogP contribution is -2.37. The molecule has 1 amide bonds. The zero-order valence-electron chi connectivity index (χ0n) is 14.0. The third-order valence-corrected chi connectivity index (χ3v) is 6.11. The lowest BCUT2D eigenvalue weighted by Gasteiger charge is -2.30. The number of nitrogens with zero attached hydrogens (tertiary/aromatic N) is 2. The van der Waals surface area contributed by atoms with Crippen LogP contribution < -0.4 is 5.73 Å². The molecule has 1 aliphatic heterocycles. The second-order valence-electron chi connectivity index (χ2n) is 6.81. The van der Waals surface area contributed by atoms with Crippen LogP contribution in [0.4, 0.5) is 5.69 Å². The number of anilines is 1. The number of nitrogens with two attached hydrogens (primary N) is 1. The number of para-hydroxylation sites is 1. The highest BCUT2D eigenvalue weighted by Crippen LogP contribution is 2.36. The van der Waals surface area contributed by atoms with Crippen molar-refractivity contribution in [1.29, 1.82) is 0 Å². The molecule has 2 aromatic heterocycles. The molecule has 3 heterocycles. The molecule has 1 aliphatic rings. The normalized spacial score (nSPS) is 16.2. The van der Waals surface area contributed by atoms with Crippen molar-refractivity contribution < 1.29 is 4.79 Å². The molecule has 1 fully saturated rings. The molecule has 2 N–H and O–H groups in total. The molecule has 0 aliphatic carbocycles. The fraction of sp³-hybridized carbons (Fsp3) is 0.368. The standard InChI is InChI=1S/C19H21N3OS/c1-11-6-8-22(9-7-11)19(23)17-15(20)14-10-13-5-3-4-12(2)16(13)21-18(14)24-17/h3-5,10-11H,6-9,20H2,1-2H3. The summed E-state index contributed by atoms with van der Waals surface area (Å²) in [5.41, 5.74) is 9.03. The number of rotatable bonds is 1. The first-order chi connectivity index (χ1) is 11.5. The molecule has 0 unspecified atom stereocenters. The van der Waals surface area contributed by atoms with Gasteiger partial charge in [0.2, 0.25) is 0 Å². The van der Waals surface area contributed by atoms with E-state index in [-0.39, 0.29) is 5.91 Å². The fourth-order valence-electron chi connectivity index (χ4n) is 3.39. The van der Waals surface area contributed by atoms with E-state index in [0.29, 0.717) is 16.5 Å². The van der Waals surface area contributed by atoms with E-state index in [1.807, 2.05) is 17.0 Å². The molecule has 124 valence electrons. The van der Waals surface area contributed by atoms with Crippen molar-refractivity contribution in [3.05, 3.63) is 34.7 Å². The third-order valence-electron chi connectivity index (χ3n) is 5.01. The highest BCUT2D eigenvalue weighted by molar-refractivity contribution is 7.21. The van der Waals surface area contributed by atoms with Crippen LogP contribution in [0.25, 0.3) is 21.1 Å². The van der Waals surface area contributed by atoms with Gasteiger partial charge in [0, 0.05) is 23.9 Å². The number of nitrogen functional groups attached to an aromatic ring is 1. The molecule has 24 heavy (non-hydrogen) atoms. The number of carbonyl (C=O) groups excluding carboxylic acids is 1. The minimum atomic E-state index is 0.0585. The van der Waals surface area contributed by atoms with Crippen molar-refractivity contribution in [2.45, 2.75) is 26.7 Å². The Bertz CT molecular complexity index is 939. The van der Waals surface area contributed by atoms with Crippen LogP contribution in [0.15, 0.2) is 24.3 Å². The quantitative estimate of drug-likeness (QED) is 0.722. The Morgan fingerprint density at radius 3 is 2.83 bits per heavy atom. The van der Waals surface area contributed by atoms with E-state index in [9.17, 15) is 4.79 Å². The monoisotopic (exact) mass is 339 g/mol. The van der Waals surface area contributed by atoms with Crippen molar-refractivity contribution >= 4 is 44.1 Å². The third kappa shape index (κ3) is 2.44. The van der Waals surface area contributed by atoms with Crippen molar-refractivity contribution in [3.63, 3.8) is 0 Å². The number of pyridine rings is 1. The molecule has 4 nitrogen and oxygen atoms in total. The predicted molar refractivity (Wildman–Crippen MR) is 101 cm³/mol. The number of piperidine rings is 1. The van der Waals surface area contributed by atoms with Crippen LogP contribution in [-0.4, -0.2) is 28.9 Å². The van der Waals surface area contributed by atoms with Crippen molar-refractivity contribution in [2.24, 2.45) is 5.92 Å². The van der Waals surface area contributed by atoms with Gasteiger partial charge >= 0.3 is 0 Å². The molecule has 4 rings (SSSR count). The molecule has 1 aromatic carbocycles. The highest BCUT2D eigenvalue weighted by atomic mass is 32.1. The number of thiophene rings is 1. The van der Waals surface area contributed by atoms with E-state index >= 15 is 0 Å². The first-order valence-corrected chi connectivity index (χ1v) is 9.24. The number of amides is 1. The van der Waals surface area contributed by atoms with Crippen molar-refractivity contribution in [2.75, 3.05) is 18.8 Å². The molecular weight excluding hydrogens is 318 g/mol. The maximum Gasteiger partial charge on any atom is 0.266 e.